The smallest absolute Gasteiger partial charge is 0.425 e. The number of rotatable bonds is 7. The van der Waals surface area contributed by atoms with Gasteiger partial charge in [-0.25, -0.2) is 4.79 Å². The van der Waals surface area contributed by atoms with Gasteiger partial charge in [-0.15, -0.1) is 11.3 Å². The number of hydrogen-bond donors (Lipinski definition) is 3. The molecule has 3 heterocycles. The molecule has 10 nitrogen and oxygen atoms in total. The Morgan fingerprint density at radius 1 is 1.14 bits per heavy atom. The summed E-state index contributed by atoms with van der Waals surface area (Å²) in [6.45, 7) is -0.208. The second-order valence-electron chi connectivity index (χ2n) is 7.71. The van der Waals surface area contributed by atoms with E-state index in [1.165, 1.54) is 31.7 Å². The van der Waals surface area contributed by atoms with Crippen molar-refractivity contribution in [2.45, 2.75) is 24.7 Å². The molecule has 0 aliphatic carbocycles. The van der Waals surface area contributed by atoms with Gasteiger partial charge in [0.15, 0.2) is 11.5 Å². The Hall–Kier alpha value is -4.07. The monoisotopic (exact) mass is 524 g/mol. The number of methoxy groups -OCH3 is 2. The van der Waals surface area contributed by atoms with Crippen molar-refractivity contribution < 1.29 is 32.2 Å². The predicted octanol–water partition coefficient (Wildman–Crippen LogP) is 2.00. The second-order valence-corrected chi connectivity index (χ2v) is 8.65. The van der Waals surface area contributed by atoms with E-state index in [1.54, 1.807) is 23.5 Å². The number of H-pyrrole nitrogens is 1. The van der Waals surface area contributed by atoms with Crippen LogP contribution >= 0.6 is 11.3 Å². The van der Waals surface area contributed by atoms with Crippen LogP contribution in [-0.2, 0) is 23.3 Å². The molecule has 36 heavy (non-hydrogen) atoms. The molecule has 2 amide bonds. The molecule has 4 rings (SSSR count). The highest BCUT2D eigenvalue weighted by molar-refractivity contribution is 7.12. The molecule has 0 spiro atoms. The molecule has 3 aromatic rings. The zero-order valence-corrected chi connectivity index (χ0v) is 19.6. The molecule has 1 aliphatic rings. The van der Waals surface area contributed by atoms with Crippen LogP contribution in [0.1, 0.15) is 20.8 Å². The molecule has 0 radical (unpaired) electrons. The van der Waals surface area contributed by atoms with Crippen LogP contribution in [-0.4, -0.2) is 41.8 Å². The molecule has 1 aliphatic heterocycles. The topological polar surface area (TPSA) is 132 Å². The van der Waals surface area contributed by atoms with Crippen molar-refractivity contribution in [3.8, 4) is 11.5 Å². The Morgan fingerprint density at radius 2 is 1.86 bits per heavy atom. The van der Waals surface area contributed by atoms with Crippen LogP contribution in [0.15, 0.2) is 45.3 Å². The number of halogens is 3. The molecule has 1 aromatic carbocycles. The lowest BCUT2D eigenvalue weighted by Gasteiger charge is -2.29. The fraction of sp³-hybridized carbons (Fsp3) is 0.273. The third-order valence-electron chi connectivity index (χ3n) is 5.69. The van der Waals surface area contributed by atoms with Gasteiger partial charge in [0.1, 0.15) is 11.4 Å². The van der Waals surface area contributed by atoms with E-state index < -0.39 is 46.2 Å². The minimum absolute atomic E-state index is 0.0990. The number of nitrogens with one attached hydrogen (secondary N) is 3. The second kappa shape index (κ2) is 9.18. The molecule has 0 bridgehead atoms. The van der Waals surface area contributed by atoms with E-state index in [4.69, 9.17) is 9.47 Å². The summed E-state index contributed by atoms with van der Waals surface area (Å²) in [6, 6.07) is 7.62. The Kier molecular flexibility index (Phi) is 6.39. The highest BCUT2D eigenvalue weighted by Gasteiger charge is 2.68. The average Bonchev–Trinajstić information content (AvgIpc) is 3.46. The number of thiophene rings is 1. The predicted molar refractivity (Wildman–Crippen MR) is 123 cm³/mol. The number of ether oxygens (including phenoxy) is 2. The van der Waals surface area contributed by atoms with Crippen molar-refractivity contribution in [3.05, 3.63) is 72.6 Å². The number of nitrogens with zero attached hydrogens (tertiary/aromatic N) is 1. The number of benzene rings is 1. The molecular formula is C22H19F3N4O6S. The minimum atomic E-state index is -5.41. The maximum absolute atomic E-state index is 14.4. The van der Waals surface area contributed by atoms with E-state index in [0.29, 0.717) is 17.1 Å². The van der Waals surface area contributed by atoms with Crippen LogP contribution in [0.25, 0.3) is 0 Å². The van der Waals surface area contributed by atoms with Crippen LogP contribution in [0.2, 0.25) is 0 Å². The van der Waals surface area contributed by atoms with Gasteiger partial charge in [0.05, 0.1) is 19.1 Å². The average molecular weight is 524 g/mol. The molecule has 1 atom stereocenters. The number of aromatic amines is 1. The van der Waals surface area contributed by atoms with Gasteiger partial charge in [-0.2, -0.15) is 13.2 Å². The fourth-order valence-electron chi connectivity index (χ4n) is 3.95. The third-order valence-corrected chi connectivity index (χ3v) is 6.56. The van der Waals surface area contributed by atoms with Gasteiger partial charge in [-0.1, -0.05) is 12.1 Å². The summed E-state index contributed by atoms with van der Waals surface area (Å²) in [5.74, 6) is -2.70. The van der Waals surface area contributed by atoms with Crippen LogP contribution in [0.3, 0.4) is 0 Å². The van der Waals surface area contributed by atoms with Gasteiger partial charge in [0, 0.05) is 6.54 Å². The summed E-state index contributed by atoms with van der Waals surface area (Å²) in [6.07, 6.45) is -5.29. The van der Waals surface area contributed by atoms with E-state index in [1.807, 2.05) is 10.3 Å². The van der Waals surface area contributed by atoms with E-state index >= 15 is 0 Å². The van der Waals surface area contributed by atoms with Crippen LogP contribution in [0, 0.1) is 0 Å². The number of hydrogen-bond acceptors (Lipinski definition) is 7. The van der Waals surface area contributed by atoms with Crippen molar-refractivity contribution in [2.75, 3.05) is 19.5 Å². The molecule has 14 heteroatoms. The number of amides is 2. The summed E-state index contributed by atoms with van der Waals surface area (Å²) < 4.78 is 54.5. The Labute approximate surface area is 204 Å². The van der Waals surface area contributed by atoms with Gasteiger partial charge in [0.2, 0.25) is 0 Å². The Morgan fingerprint density at radius 3 is 2.47 bits per heavy atom. The molecule has 2 aromatic heterocycles. The largest absolute Gasteiger partial charge is 0.493 e. The van der Waals surface area contributed by atoms with E-state index in [0.717, 1.165) is 15.9 Å². The van der Waals surface area contributed by atoms with E-state index in [9.17, 15) is 32.3 Å². The van der Waals surface area contributed by atoms with Crippen molar-refractivity contribution >= 4 is 29.0 Å². The van der Waals surface area contributed by atoms with Gasteiger partial charge in [-0.05, 0) is 35.6 Å². The summed E-state index contributed by atoms with van der Waals surface area (Å²) in [7, 11) is 2.88. The standard InChI is InChI=1S/C22H19F3N4O6S/c1-34-12-6-5-11(10-13(12)35-2)7-8-29-16-15(18(31)27-20(29)33)21(19(32)26-16,22(23,24)25)28-17(30)14-4-3-9-36-14/h3-6,9-10H,7-8H2,1-2H3,(H,26,32)(H,28,30)(H,27,31,33)/t21-/m1/s1. The lowest BCUT2D eigenvalue weighted by atomic mass is 9.92. The number of anilines is 1. The lowest BCUT2D eigenvalue weighted by Crippen LogP contribution is -2.62. The fourth-order valence-corrected chi connectivity index (χ4v) is 4.57. The number of carbonyl (C=O) groups excluding carboxylic acids is 2. The first kappa shape index (κ1) is 25.0. The normalized spacial score (nSPS) is 16.9. The SMILES string of the molecule is COc1ccc(CCn2c3c(c(=O)[nH]c2=O)[C@](NC(=O)c2cccs2)(C(F)(F)F)C(=O)N3)cc1OC. The molecule has 0 saturated heterocycles. The number of aromatic nitrogens is 2. The number of alkyl halides is 3. The van der Waals surface area contributed by atoms with Crippen molar-refractivity contribution in [3.63, 3.8) is 0 Å². The first-order valence-corrected chi connectivity index (χ1v) is 11.2. The van der Waals surface area contributed by atoms with Crippen molar-refractivity contribution in [2.24, 2.45) is 0 Å². The van der Waals surface area contributed by atoms with Crippen molar-refractivity contribution in [1.29, 1.82) is 0 Å². The molecule has 3 N–H and O–H groups in total. The van der Waals surface area contributed by atoms with Gasteiger partial charge in [-0.3, -0.25) is 23.9 Å². The minimum Gasteiger partial charge on any atom is -0.493 e. The first-order chi connectivity index (χ1) is 17.0. The quantitative estimate of drug-likeness (QED) is 0.433. The summed E-state index contributed by atoms with van der Waals surface area (Å²) in [5.41, 5.74) is -6.65. The zero-order chi connectivity index (χ0) is 26.3. The molecular weight excluding hydrogens is 505 g/mol. The zero-order valence-electron chi connectivity index (χ0n) is 18.8. The van der Waals surface area contributed by atoms with Gasteiger partial charge < -0.3 is 20.1 Å². The number of carbonyl (C=O) groups is 2. The molecule has 190 valence electrons. The van der Waals surface area contributed by atoms with Crippen LogP contribution in [0.5, 0.6) is 11.5 Å². The summed E-state index contributed by atoms with van der Waals surface area (Å²) in [4.78, 5) is 52.3. The number of aryl methyl sites for hydroxylation is 1. The van der Waals surface area contributed by atoms with Crippen molar-refractivity contribution in [1.82, 2.24) is 14.9 Å². The molecule has 0 saturated carbocycles. The summed E-state index contributed by atoms with van der Waals surface area (Å²) in [5, 5.41) is 5.17. The highest BCUT2D eigenvalue weighted by atomic mass is 32.1. The van der Waals surface area contributed by atoms with E-state index in [2.05, 4.69) is 0 Å². The lowest BCUT2D eigenvalue weighted by molar-refractivity contribution is -0.196. The molecule has 0 fully saturated rings. The maximum atomic E-state index is 14.4. The third kappa shape index (κ3) is 4.02. The van der Waals surface area contributed by atoms with Crippen LogP contribution < -0.4 is 31.4 Å². The number of fused-ring (bicyclic) bond motifs is 1. The summed E-state index contributed by atoms with van der Waals surface area (Å²) >= 11 is 0.856. The first-order valence-electron chi connectivity index (χ1n) is 10.4. The van der Waals surface area contributed by atoms with E-state index in [-0.39, 0.29) is 17.8 Å². The molecule has 0 unspecified atom stereocenters. The highest BCUT2D eigenvalue weighted by Crippen LogP contribution is 2.45. The van der Waals surface area contributed by atoms with Gasteiger partial charge >= 0.3 is 11.9 Å². The maximum Gasteiger partial charge on any atom is 0.425 e. The Balaban J connectivity index is 1.78. The Bertz CT molecular complexity index is 1450. The van der Waals surface area contributed by atoms with Crippen LogP contribution in [0.4, 0.5) is 19.0 Å². The van der Waals surface area contributed by atoms with Gasteiger partial charge in [0.25, 0.3) is 22.9 Å².